The molecule has 46 heavy (non-hydrogen) atoms. The molecule has 0 saturated carbocycles. The lowest BCUT2D eigenvalue weighted by Crippen LogP contribution is -2.27. The highest BCUT2D eigenvalue weighted by atomic mass is 32.2. The third-order valence-corrected chi connectivity index (χ3v) is 8.30. The van der Waals surface area contributed by atoms with E-state index in [2.05, 4.69) is 25.7 Å². The van der Waals surface area contributed by atoms with Crippen molar-refractivity contribution in [2.24, 2.45) is 20.3 Å². The summed E-state index contributed by atoms with van der Waals surface area (Å²) in [6, 6.07) is 20.5. The molecule has 0 aromatic heterocycles. The fraction of sp³-hybridized carbons (Fsp3) is 0.0333. The molecule has 16 heteroatoms. The van der Waals surface area contributed by atoms with Gasteiger partial charge in [0.1, 0.15) is 4.91 Å². The number of aliphatic hydroxyl groups is 1. The zero-order chi connectivity index (χ0) is 33.2. The zero-order valence-corrected chi connectivity index (χ0v) is 25.4. The molecule has 4 aromatic rings. The van der Waals surface area contributed by atoms with Gasteiger partial charge in [-0.1, -0.05) is 6.07 Å². The minimum absolute atomic E-state index is 0.0869. The summed E-state index contributed by atoms with van der Waals surface area (Å²) in [5.74, 6) is -1.12. The molecule has 0 fully saturated rings. The number of hydrogen-bond acceptors (Lipinski definition) is 11. The van der Waals surface area contributed by atoms with Crippen LogP contribution in [-0.4, -0.2) is 48.4 Å². The molecule has 0 atom stereocenters. The Morgan fingerprint density at radius 2 is 1.57 bits per heavy atom. The van der Waals surface area contributed by atoms with Crippen LogP contribution < -0.4 is 11.2 Å². The van der Waals surface area contributed by atoms with E-state index >= 15 is 0 Å². The Hall–Kier alpha value is -5.55. The number of hydrazone groups is 1. The topological polar surface area (TPSA) is 234 Å². The summed E-state index contributed by atoms with van der Waals surface area (Å²) >= 11 is 0. The van der Waals surface area contributed by atoms with Gasteiger partial charge in [-0.15, -0.1) is 0 Å². The van der Waals surface area contributed by atoms with E-state index in [1.54, 1.807) is 43.3 Å². The molecule has 0 heterocycles. The highest BCUT2D eigenvalue weighted by molar-refractivity contribution is 7.91. The van der Waals surface area contributed by atoms with Crippen LogP contribution in [0, 0.1) is 6.92 Å². The number of aryl methyl sites for hydroxylation is 1. The van der Waals surface area contributed by atoms with Crippen LogP contribution in [0.4, 0.5) is 28.4 Å². The van der Waals surface area contributed by atoms with Gasteiger partial charge in [0.05, 0.1) is 27.6 Å². The SMILES string of the molecule is Cc1cc(N/N=C2\C(=O)c3ccc(N=C(O)c4ccc(N)cc4)cc3C=C2S(=O)(=O)O)ccc1N=Nc1cccc(S(=O)(=O)O)c1. The van der Waals surface area contributed by atoms with Crippen molar-refractivity contribution in [3.05, 3.63) is 112 Å². The van der Waals surface area contributed by atoms with E-state index in [1.165, 1.54) is 42.5 Å². The predicted octanol–water partition coefficient (Wildman–Crippen LogP) is 5.77. The first-order valence-electron chi connectivity index (χ1n) is 13.1. The molecule has 0 amide bonds. The lowest BCUT2D eigenvalue weighted by atomic mass is 9.94. The van der Waals surface area contributed by atoms with Crippen LogP contribution in [0.5, 0.6) is 0 Å². The van der Waals surface area contributed by atoms with E-state index in [0.717, 1.165) is 12.1 Å². The molecular formula is C30H24N6O8S2. The van der Waals surface area contributed by atoms with Gasteiger partial charge in [-0.05, 0) is 103 Å². The normalized spacial score (nSPS) is 14.8. The van der Waals surface area contributed by atoms with Crippen molar-refractivity contribution in [3.63, 3.8) is 0 Å². The average Bonchev–Trinajstić information content (AvgIpc) is 2.99. The molecule has 0 saturated heterocycles. The number of allylic oxidation sites excluding steroid dienone is 1. The smallest absolute Gasteiger partial charge is 0.296 e. The summed E-state index contributed by atoms with van der Waals surface area (Å²) in [5.41, 5.74) is 10.6. The van der Waals surface area contributed by atoms with E-state index in [-0.39, 0.29) is 33.3 Å². The third kappa shape index (κ3) is 7.22. The molecule has 5 rings (SSSR count). The van der Waals surface area contributed by atoms with Crippen molar-refractivity contribution < 1.29 is 35.8 Å². The standard InChI is InChI=1S/C30H24N6O8S2/c1-17-13-23(10-12-26(17)35-33-22-3-2-4-24(16-22)45(39,40)41)34-36-28-27(46(42,43)44)15-19-14-21(9-11-25(19)29(28)37)32-30(38)18-5-7-20(31)8-6-18/h2-16,34H,31H2,1H3,(H,32,38)(H,39,40,41)(H,42,43,44)/b35-33?,36-28-. The fourth-order valence-electron chi connectivity index (χ4n) is 4.29. The predicted molar refractivity (Wildman–Crippen MR) is 173 cm³/mol. The van der Waals surface area contributed by atoms with Gasteiger partial charge in [0.2, 0.25) is 11.7 Å². The monoisotopic (exact) mass is 660 g/mol. The van der Waals surface area contributed by atoms with Gasteiger partial charge in [-0.3, -0.25) is 19.3 Å². The summed E-state index contributed by atoms with van der Waals surface area (Å²) in [6.07, 6.45) is 1.08. The van der Waals surface area contributed by atoms with Gasteiger partial charge in [0.15, 0.2) is 5.71 Å². The molecule has 0 bridgehead atoms. The Labute approximate surface area is 262 Å². The van der Waals surface area contributed by atoms with E-state index in [9.17, 15) is 35.8 Å². The lowest BCUT2D eigenvalue weighted by molar-refractivity contribution is 0.106. The van der Waals surface area contributed by atoms with Gasteiger partial charge < -0.3 is 10.8 Å². The molecule has 0 aliphatic heterocycles. The highest BCUT2D eigenvalue weighted by Crippen LogP contribution is 2.30. The minimum atomic E-state index is -4.91. The maximum absolute atomic E-state index is 13.3. The quantitative estimate of drug-likeness (QED) is 0.0382. The van der Waals surface area contributed by atoms with E-state index in [1.807, 2.05) is 0 Å². The van der Waals surface area contributed by atoms with E-state index in [0.29, 0.717) is 28.2 Å². The number of rotatable bonds is 8. The minimum Gasteiger partial charge on any atom is -0.493 e. The van der Waals surface area contributed by atoms with Crippen molar-refractivity contribution in [1.29, 1.82) is 0 Å². The number of carbonyl (C=O) groups excluding carboxylic acids is 1. The van der Waals surface area contributed by atoms with E-state index < -0.39 is 36.6 Å². The first-order valence-corrected chi connectivity index (χ1v) is 16.0. The number of benzene rings is 4. The number of carbonyl (C=O) groups is 1. The number of nitrogens with one attached hydrogen (secondary N) is 1. The summed E-state index contributed by atoms with van der Waals surface area (Å²) in [4.78, 5) is 16.4. The second kappa shape index (κ2) is 12.4. The number of aliphatic hydroxyl groups excluding tert-OH is 1. The number of nitrogens with two attached hydrogens (primary N) is 1. The average molecular weight is 661 g/mol. The molecule has 6 N–H and O–H groups in total. The molecule has 0 unspecified atom stereocenters. The molecule has 1 aliphatic rings. The second-order valence-corrected chi connectivity index (χ2v) is 12.7. The fourth-order valence-corrected chi connectivity index (χ4v) is 5.47. The van der Waals surface area contributed by atoms with Crippen LogP contribution in [0.3, 0.4) is 0 Å². The Morgan fingerprint density at radius 3 is 2.24 bits per heavy atom. The maximum Gasteiger partial charge on any atom is 0.296 e. The third-order valence-electron chi connectivity index (χ3n) is 6.58. The Balaban J connectivity index is 1.40. The van der Waals surface area contributed by atoms with Gasteiger partial charge in [-0.25, -0.2) is 4.99 Å². The molecule has 1 aliphatic carbocycles. The zero-order valence-electron chi connectivity index (χ0n) is 23.7. The molecular weight excluding hydrogens is 636 g/mol. The number of hydrogen-bond donors (Lipinski definition) is 5. The second-order valence-electron chi connectivity index (χ2n) is 9.89. The molecule has 0 spiro atoms. The lowest BCUT2D eigenvalue weighted by Gasteiger charge is -2.16. The number of nitrogens with zero attached hydrogens (tertiary/aromatic N) is 4. The highest BCUT2D eigenvalue weighted by Gasteiger charge is 2.33. The largest absolute Gasteiger partial charge is 0.493 e. The summed E-state index contributed by atoms with van der Waals surface area (Å²) in [6.45, 7) is 1.69. The van der Waals surface area contributed by atoms with Crippen molar-refractivity contribution >= 4 is 72.1 Å². The molecule has 0 radical (unpaired) electrons. The van der Waals surface area contributed by atoms with Crippen LogP contribution in [0.25, 0.3) is 6.08 Å². The Morgan fingerprint density at radius 1 is 0.826 bits per heavy atom. The van der Waals surface area contributed by atoms with Crippen LogP contribution in [0.15, 0.2) is 115 Å². The van der Waals surface area contributed by atoms with Gasteiger partial charge >= 0.3 is 0 Å². The number of Topliss-reactive ketones (excluding diaryl/α,β-unsaturated/α-hetero) is 1. The Kier molecular flexibility index (Phi) is 8.62. The number of fused-ring (bicyclic) bond motifs is 1. The molecule has 14 nitrogen and oxygen atoms in total. The van der Waals surface area contributed by atoms with E-state index in [4.69, 9.17) is 5.73 Å². The number of azo groups is 1. The van der Waals surface area contributed by atoms with Crippen LogP contribution >= 0.6 is 0 Å². The summed E-state index contributed by atoms with van der Waals surface area (Å²) < 4.78 is 66.4. The number of nitrogen functional groups attached to an aromatic ring is 1. The first-order chi connectivity index (χ1) is 21.7. The van der Waals surface area contributed by atoms with Crippen molar-refractivity contribution in [2.75, 3.05) is 11.2 Å². The van der Waals surface area contributed by atoms with Gasteiger partial charge in [0, 0.05) is 16.8 Å². The maximum atomic E-state index is 13.3. The van der Waals surface area contributed by atoms with Crippen LogP contribution in [0.2, 0.25) is 0 Å². The summed E-state index contributed by atoms with van der Waals surface area (Å²) in [7, 11) is -9.32. The number of aliphatic imine (C=N–C) groups is 1. The van der Waals surface area contributed by atoms with Crippen LogP contribution in [0.1, 0.15) is 27.0 Å². The molecule has 4 aromatic carbocycles. The van der Waals surface area contributed by atoms with Gasteiger partial charge in [0.25, 0.3) is 20.2 Å². The van der Waals surface area contributed by atoms with Gasteiger partial charge in [-0.2, -0.15) is 32.2 Å². The summed E-state index contributed by atoms with van der Waals surface area (Å²) in [5, 5.41) is 22.5. The van der Waals surface area contributed by atoms with Crippen LogP contribution in [-0.2, 0) is 20.2 Å². The van der Waals surface area contributed by atoms with Crippen molar-refractivity contribution in [1.82, 2.24) is 0 Å². The van der Waals surface area contributed by atoms with Crippen molar-refractivity contribution in [2.45, 2.75) is 11.8 Å². The number of anilines is 2. The first kappa shape index (κ1) is 31.9. The Bertz CT molecular complexity index is 2230. The number of ketones is 1. The molecule has 234 valence electrons. The van der Waals surface area contributed by atoms with Crippen molar-refractivity contribution in [3.8, 4) is 0 Å².